The Morgan fingerprint density at radius 2 is 2.00 bits per heavy atom. The van der Waals surface area contributed by atoms with Crippen molar-refractivity contribution in [3.63, 3.8) is 0 Å². The summed E-state index contributed by atoms with van der Waals surface area (Å²) in [5.74, 6) is 1.66. The average molecular weight is 206 g/mol. The van der Waals surface area contributed by atoms with Gasteiger partial charge in [-0.3, -0.25) is 4.90 Å². The third-order valence-corrected chi connectivity index (χ3v) is 2.61. The van der Waals surface area contributed by atoms with Gasteiger partial charge in [0.25, 0.3) is 0 Å². The lowest BCUT2D eigenvalue weighted by Gasteiger charge is -2.33. The van der Waals surface area contributed by atoms with Crippen molar-refractivity contribution < 1.29 is 4.74 Å². The highest BCUT2D eigenvalue weighted by Crippen LogP contribution is 2.16. The standard InChI is InChI=1S/C11H16N3O/c1-13-6-8-14(9-7-13)10-4-3-5-11(12-10)15-2/h3-5H,1,6-9H2,2H3. The molecule has 2 rings (SSSR count). The van der Waals surface area contributed by atoms with Crippen LogP contribution in [0.5, 0.6) is 5.88 Å². The van der Waals surface area contributed by atoms with Crippen LogP contribution in [0.4, 0.5) is 5.82 Å². The van der Waals surface area contributed by atoms with Gasteiger partial charge in [0.2, 0.25) is 5.88 Å². The maximum Gasteiger partial charge on any atom is 0.214 e. The van der Waals surface area contributed by atoms with E-state index < -0.39 is 0 Å². The molecule has 4 heteroatoms. The van der Waals surface area contributed by atoms with Crippen molar-refractivity contribution >= 4 is 5.82 Å². The van der Waals surface area contributed by atoms with E-state index in [4.69, 9.17) is 4.74 Å². The van der Waals surface area contributed by atoms with Crippen LogP contribution >= 0.6 is 0 Å². The first-order chi connectivity index (χ1) is 7.29. The summed E-state index contributed by atoms with van der Waals surface area (Å²) in [6, 6.07) is 5.85. The maximum atomic E-state index is 5.11. The second kappa shape index (κ2) is 4.49. The molecule has 81 valence electrons. The van der Waals surface area contributed by atoms with Crippen LogP contribution in [0.1, 0.15) is 0 Å². The molecule has 2 heterocycles. The summed E-state index contributed by atoms with van der Waals surface area (Å²) in [5, 5.41) is 0. The van der Waals surface area contributed by atoms with Crippen LogP contribution in [-0.2, 0) is 0 Å². The van der Waals surface area contributed by atoms with Gasteiger partial charge in [-0.25, -0.2) is 0 Å². The molecule has 1 aliphatic heterocycles. The molecule has 0 spiro atoms. The second-order valence-electron chi connectivity index (χ2n) is 3.64. The first-order valence-electron chi connectivity index (χ1n) is 5.11. The molecule has 0 atom stereocenters. The predicted molar refractivity (Wildman–Crippen MR) is 59.9 cm³/mol. The van der Waals surface area contributed by atoms with Gasteiger partial charge in [-0.1, -0.05) is 6.07 Å². The molecular weight excluding hydrogens is 190 g/mol. The predicted octanol–water partition coefficient (Wildman–Crippen LogP) is 1.00. The SMILES string of the molecule is [CH2]N1CCN(c2cccc(OC)n2)CC1. The molecule has 1 radical (unpaired) electrons. The number of aromatic nitrogens is 1. The van der Waals surface area contributed by atoms with Crippen molar-refractivity contribution in [2.75, 3.05) is 38.2 Å². The zero-order valence-electron chi connectivity index (χ0n) is 9.02. The van der Waals surface area contributed by atoms with Crippen LogP contribution in [-0.4, -0.2) is 43.2 Å². The lowest BCUT2D eigenvalue weighted by atomic mass is 10.3. The number of pyridine rings is 1. The van der Waals surface area contributed by atoms with Crippen molar-refractivity contribution in [1.29, 1.82) is 0 Å². The van der Waals surface area contributed by atoms with Crippen LogP contribution < -0.4 is 9.64 Å². The maximum absolute atomic E-state index is 5.11. The van der Waals surface area contributed by atoms with Gasteiger partial charge in [0.05, 0.1) is 7.11 Å². The largest absolute Gasteiger partial charge is 0.481 e. The topological polar surface area (TPSA) is 28.6 Å². The number of rotatable bonds is 2. The minimum absolute atomic E-state index is 0.671. The number of piperazine rings is 1. The zero-order valence-corrected chi connectivity index (χ0v) is 9.02. The van der Waals surface area contributed by atoms with Gasteiger partial charge < -0.3 is 9.64 Å². The lowest BCUT2D eigenvalue weighted by molar-refractivity contribution is 0.342. The fraction of sp³-hybridized carbons (Fsp3) is 0.455. The van der Waals surface area contributed by atoms with E-state index in [0.29, 0.717) is 5.88 Å². The Morgan fingerprint density at radius 1 is 1.27 bits per heavy atom. The van der Waals surface area contributed by atoms with E-state index >= 15 is 0 Å². The Balaban J connectivity index is 2.08. The van der Waals surface area contributed by atoms with Crippen LogP contribution in [0.3, 0.4) is 0 Å². The van der Waals surface area contributed by atoms with Crippen LogP contribution in [0, 0.1) is 7.05 Å². The Morgan fingerprint density at radius 3 is 2.67 bits per heavy atom. The molecule has 15 heavy (non-hydrogen) atoms. The van der Waals surface area contributed by atoms with Crippen molar-refractivity contribution in [3.05, 3.63) is 25.2 Å². The molecular formula is C11H16N3O. The summed E-state index contributed by atoms with van der Waals surface area (Å²) in [6.07, 6.45) is 0. The normalized spacial score (nSPS) is 17.9. The number of nitrogens with zero attached hydrogens (tertiary/aromatic N) is 3. The molecule has 0 saturated carbocycles. The van der Waals surface area contributed by atoms with Gasteiger partial charge in [0.1, 0.15) is 5.82 Å². The highest BCUT2D eigenvalue weighted by atomic mass is 16.5. The molecule has 1 aliphatic rings. The molecule has 0 aliphatic carbocycles. The third-order valence-electron chi connectivity index (χ3n) is 2.61. The summed E-state index contributed by atoms with van der Waals surface area (Å²) < 4.78 is 5.11. The number of ether oxygens (including phenoxy) is 1. The van der Waals surface area contributed by atoms with Crippen molar-refractivity contribution in [2.45, 2.75) is 0 Å². The van der Waals surface area contributed by atoms with Crippen molar-refractivity contribution in [1.82, 2.24) is 9.88 Å². The van der Waals surface area contributed by atoms with E-state index in [-0.39, 0.29) is 0 Å². The van der Waals surface area contributed by atoms with E-state index in [2.05, 4.69) is 21.8 Å². The fourth-order valence-electron chi connectivity index (χ4n) is 1.67. The smallest absolute Gasteiger partial charge is 0.214 e. The minimum atomic E-state index is 0.671. The zero-order chi connectivity index (χ0) is 10.7. The Hall–Kier alpha value is -1.29. The van der Waals surface area contributed by atoms with Crippen LogP contribution in [0.25, 0.3) is 0 Å². The molecule has 0 unspecified atom stereocenters. The molecule has 1 aromatic rings. The minimum Gasteiger partial charge on any atom is -0.481 e. The van der Waals surface area contributed by atoms with Crippen molar-refractivity contribution in [2.24, 2.45) is 0 Å². The van der Waals surface area contributed by atoms with E-state index in [0.717, 1.165) is 32.0 Å². The highest BCUT2D eigenvalue weighted by molar-refractivity contribution is 5.41. The quantitative estimate of drug-likeness (QED) is 0.722. The van der Waals surface area contributed by atoms with E-state index in [9.17, 15) is 0 Å². The molecule has 1 fully saturated rings. The Labute approximate surface area is 90.5 Å². The average Bonchev–Trinajstić information content (AvgIpc) is 2.30. The summed E-state index contributed by atoms with van der Waals surface area (Å²) >= 11 is 0. The van der Waals surface area contributed by atoms with E-state index in [1.54, 1.807) is 7.11 Å². The highest BCUT2D eigenvalue weighted by Gasteiger charge is 2.15. The third kappa shape index (κ3) is 2.39. The van der Waals surface area contributed by atoms with E-state index in [1.165, 1.54) is 0 Å². The fourth-order valence-corrected chi connectivity index (χ4v) is 1.67. The summed E-state index contributed by atoms with van der Waals surface area (Å²) in [5.41, 5.74) is 0. The first-order valence-corrected chi connectivity index (χ1v) is 5.11. The number of hydrogen-bond donors (Lipinski definition) is 0. The van der Waals surface area contributed by atoms with Gasteiger partial charge in [-0.2, -0.15) is 4.98 Å². The Bertz CT molecular complexity index is 321. The van der Waals surface area contributed by atoms with Crippen molar-refractivity contribution in [3.8, 4) is 5.88 Å². The van der Waals surface area contributed by atoms with Gasteiger partial charge >= 0.3 is 0 Å². The van der Waals surface area contributed by atoms with Gasteiger partial charge in [-0.05, 0) is 6.07 Å². The molecule has 0 bridgehead atoms. The molecule has 1 saturated heterocycles. The number of hydrogen-bond acceptors (Lipinski definition) is 4. The first kappa shape index (κ1) is 10.2. The number of methoxy groups -OCH3 is 1. The summed E-state index contributed by atoms with van der Waals surface area (Å²) in [4.78, 5) is 8.74. The van der Waals surface area contributed by atoms with E-state index in [1.807, 2.05) is 18.2 Å². The second-order valence-corrected chi connectivity index (χ2v) is 3.64. The number of anilines is 1. The van der Waals surface area contributed by atoms with Crippen LogP contribution in [0.2, 0.25) is 0 Å². The lowest BCUT2D eigenvalue weighted by Crippen LogP contribution is -2.43. The Kier molecular flexibility index (Phi) is 3.06. The monoisotopic (exact) mass is 206 g/mol. The molecule has 1 aromatic heterocycles. The molecule has 0 amide bonds. The van der Waals surface area contributed by atoms with Gasteiger partial charge in [0.15, 0.2) is 0 Å². The van der Waals surface area contributed by atoms with Crippen LogP contribution in [0.15, 0.2) is 18.2 Å². The molecule has 4 nitrogen and oxygen atoms in total. The molecule has 0 N–H and O–H groups in total. The summed E-state index contributed by atoms with van der Waals surface area (Å²) in [7, 11) is 5.56. The van der Waals surface area contributed by atoms with Gasteiger partial charge in [-0.15, -0.1) is 0 Å². The summed E-state index contributed by atoms with van der Waals surface area (Å²) in [6.45, 7) is 3.92. The van der Waals surface area contributed by atoms with Gasteiger partial charge in [0, 0.05) is 39.3 Å². The molecule has 0 aromatic carbocycles.